The van der Waals surface area contributed by atoms with E-state index in [9.17, 15) is 0 Å². The Hall–Kier alpha value is -1.56. The van der Waals surface area contributed by atoms with Crippen LogP contribution in [0.5, 0.6) is 0 Å². The predicted molar refractivity (Wildman–Crippen MR) is 69.0 cm³/mol. The van der Waals surface area contributed by atoms with Gasteiger partial charge in [-0.15, -0.1) is 0 Å². The quantitative estimate of drug-likeness (QED) is 0.769. The third kappa shape index (κ3) is 3.74. The van der Waals surface area contributed by atoms with Crippen molar-refractivity contribution in [2.24, 2.45) is 0 Å². The van der Waals surface area contributed by atoms with Crippen LogP contribution in [0.1, 0.15) is 19.0 Å². The zero-order valence-electron chi connectivity index (χ0n) is 9.68. The molecule has 0 aliphatic heterocycles. The molecule has 0 unspecified atom stereocenters. The number of thioether (sulfide) groups is 1. The first kappa shape index (κ1) is 11.9. The maximum Gasteiger partial charge on any atom is 0.183 e. The first-order valence-electron chi connectivity index (χ1n) is 5.56. The summed E-state index contributed by atoms with van der Waals surface area (Å²) in [6.45, 7) is 3.09. The van der Waals surface area contributed by atoms with E-state index in [-0.39, 0.29) is 0 Å². The van der Waals surface area contributed by atoms with Crippen molar-refractivity contribution in [3.63, 3.8) is 0 Å². The number of H-pyrrole nitrogens is 1. The molecule has 0 spiro atoms. The van der Waals surface area contributed by atoms with E-state index in [1.807, 2.05) is 18.2 Å². The molecule has 2 N–H and O–H groups in total. The van der Waals surface area contributed by atoms with Crippen LogP contribution in [0.4, 0.5) is 5.82 Å². The number of nitrogens with one attached hydrogen (secondary N) is 2. The van der Waals surface area contributed by atoms with Crippen molar-refractivity contribution in [1.82, 2.24) is 20.2 Å². The zero-order valence-corrected chi connectivity index (χ0v) is 10.5. The minimum absolute atomic E-state index is 0.789. The number of aromatic nitrogens is 4. The van der Waals surface area contributed by atoms with E-state index >= 15 is 0 Å². The lowest BCUT2D eigenvalue weighted by atomic mass is 10.3. The Morgan fingerprint density at radius 2 is 2.35 bits per heavy atom. The van der Waals surface area contributed by atoms with Crippen LogP contribution in [-0.4, -0.2) is 26.7 Å². The Bertz CT molecular complexity index is 443. The fourth-order valence-electron chi connectivity index (χ4n) is 1.32. The number of rotatable bonds is 6. The summed E-state index contributed by atoms with van der Waals surface area (Å²) in [4.78, 5) is 8.57. The number of hydrogen-bond donors (Lipinski definition) is 2. The zero-order chi connectivity index (χ0) is 11.9. The van der Waals surface area contributed by atoms with Gasteiger partial charge in [-0.05, 0) is 18.6 Å². The van der Waals surface area contributed by atoms with Crippen molar-refractivity contribution in [1.29, 1.82) is 0 Å². The van der Waals surface area contributed by atoms with Gasteiger partial charge in [0.05, 0.1) is 5.69 Å². The number of pyridine rings is 1. The summed E-state index contributed by atoms with van der Waals surface area (Å²) in [5.74, 6) is 1.72. The molecular weight excluding hydrogens is 234 g/mol. The van der Waals surface area contributed by atoms with Gasteiger partial charge in [0, 0.05) is 12.3 Å². The Kier molecular flexibility index (Phi) is 4.37. The lowest BCUT2D eigenvalue weighted by Gasteiger charge is -2.05. The summed E-state index contributed by atoms with van der Waals surface area (Å²) in [5.41, 5.74) is 1.03. The standard InChI is InChI=1S/C11H15N5S/c1-2-6-12-10-5-3-4-9(15-10)7-17-11-13-8-14-16-11/h3-5,8H,2,6-7H2,1H3,(H,12,15)(H,13,14,16). The molecule has 2 aromatic heterocycles. The van der Waals surface area contributed by atoms with Gasteiger partial charge in [-0.1, -0.05) is 24.8 Å². The third-order valence-corrected chi connectivity index (χ3v) is 3.02. The first-order valence-corrected chi connectivity index (χ1v) is 6.55. The van der Waals surface area contributed by atoms with Gasteiger partial charge in [0.15, 0.2) is 5.16 Å². The SMILES string of the molecule is CCCNc1cccc(CSc2ncn[nH]2)n1. The van der Waals surface area contributed by atoms with E-state index < -0.39 is 0 Å². The third-order valence-electron chi connectivity index (χ3n) is 2.11. The molecule has 0 radical (unpaired) electrons. The smallest absolute Gasteiger partial charge is 0.183 e. The van der Waals surface area contributed by atoms with Crippen LogP contribution in [0.3, 0.4) is 0 Å². The normalized spacial score (nSPS) is 10.4. The molecule has 90 valence electrons. The molecule has 0 fully saturated rings. The molecule has 2 rings (SSSR count). The Morgan fingerprint density at radius 1 is 1.41 bits per heavy atom. The Balaban J connectivity index is 1.91. The number of nitrogens with zero attached hydrogens (tertiary/aromatic N) is 3. The molecule has 17 heavy (non-hydrogen) atoms. The molecule has 6 heteroatoms. The lowest BCUT2D eigenvalue weighted by Crippen LogP contribution is -2.02. The molecule has 0 atom stereocenters. The highest BCUT2D eigenvalue weighted by molar-refractivity contribution is 7.98. The molecule has 0 aliphatic carbocycles. The molecule has 0 bridgehead atoms. The summed E-state index contributed by atoms with van der Waals surface area (Å²) in [6.07, 6.45) is 2.60. The van der Waals surface area contributed by atoms with Gasteiger partial charge in [-0.25, -0.2) is 9.97 Å². The van der Waals surface area contributed by atoms with Gasteiger partial charge in [-0.2, -0.15) is 5.10 Å². The molecule has 2 heterocycles. The summed E-state index contributed by atoms with van der Waals surface area (Å²) < 4.78 is 0. The fourth-order valence-corrected chi connectivity index (χ4v) is 2.00. The van der Waals surface area contributed by atoms with Crippen LogP contribution >= 0.6 is 11.8 Å². The van der Waals surface area contributed by atoms with Crippen molar-refractivity contribution in [2.45, 2.75) is 24.3 Å². The van der Waals surface area contributed by atoms with E-state index in [0.717, 1.165) is 35.4 Å². The number of aromatic amines is 1. The average molecular weight is 249 g/mol. The molecular formula is C11H15N5S. The van der Waals surface area contributed by atoms with E-state index in [4.69, 9.17) is 0 Å². The monoisotopic (exact) mass is 249 g/mol. The van der Waals surface area contributed by atoms with E-state index in [2.05, 4.69) is 32.4 Å². The van der Waals surface area contributed by atoms with Gasteiger partial charge >= 0.3 is 0 Å². The van der Waals surface area contributed by atoms with Crippen LogP contribution in [0.25, 0.3) is 0 Å². The Labute approximate surface area is 104 Å². The molecule has 5 nitrogen and oxygen atoms in total. The highest BCUT2D eigenvalue weighted by Crippen LogP contribution is 2.17. The van der Waals surface area contributed by atoms with Gasteiger partial charge in [0.25, 0.3) is 0 Å². The highest BCUT2D eigenvalue weighted by Gasteiger charge is 2.00. The van der Waals surface area contributed by atoms with Gasteiger partial charge < -0.3 is 5.32 Å². The molecule has 0 saturated carbocycles. The number of hydrogen-bond acceptors (Lipinski definition) is 5. The van der Waals surface area contributed by atoms with Gasteiger partial charge in [0.1, 0.15) is 12.1 Å². The largest absolute Gasteiger partial charge is 0.370 e. The van der Waals surface area contributed by atoms with Crippen LogP contribution in [0, 0.1) is 0 Å². The summed E-state index contributed by atoms with van der Waals surface area (Å²) >= 11 is 1.59. The molecule has 0 aliphatic rings. The van der Waals surface area contributed by atoms with Crippen molar-refractivity contribution in [3.8, 4) is 0 Å². The minimum atomic E-state index is 0.789. The summed E-state index contributed by atoms with van der Waals surface area (Å²) in [7, 11) is 0. The first-order chi connectivity index (χ1) is 8.38. The fraction of sp³-hybridized carbons (Fsp3) is 0.364. The van der Waals surface area contributed by atoms with Gasteiger partial charge in [0.2, 0.25) is 0 Å². The second-order valence-electron chi connectivity index (χ2n) is 3.52. The molecule has 0 aromatic carbocycles. The minimum Gasteiger partial charge on any atom is -0.370 e. The van der Waals surface area contributed by atoms with E-state index in [1.165, 1.54) is 6.33 Å². The predicted octanol–water partition coefficient (Wildman–Crippen LogP) is 2.31. The maximum absolute atomic E-state index is 4.52. The van der Waals surface area contributed by atoms with E-state index in [1.54, 1.807) is 11.8 Å². The van der Waals surface area contributed by atoms with Crippen molar-refractivity contribution >= 4 is 17.6 Å². The Morgan fingerprint density at radius 3 is 3.12 bits per heavy atom. The van der Waals surface area contributed by atoms with Crippen molar-refractivity contribution < 1.29 is 0 Å². The lowest BCUT2D eigenvalue weighted by molar-refractivity contribution is 0.961. The second-order valence-corrected chi connectivity index (χ2v) is 4.48. The molecule has 0 saturated heterocycles. The van der Waals surface area contributed by atoms with Crippen LogP contribution in [0.2, 0.25) is 0 Å². The second kappa shape index (κ2) is 6.24. The average Bonchev–Trinajstić information content (AvgIpc) is 2.87. The number of anilines is 1. The molecule has 0 amide bonds. The van der Waals surface area contributed by atoms with E-state index in [0.29, 0.717) is 0 Å². The summed E-state index contributed by atoms with van der Waals surface area (Å²) in [5, 5.41) is 10.7. The van der Waals surface area contributed by atoms with Crippen LogP contribution in [-0.2, 0) is 5.75 Å². The van der Waals surface area contributed by atoms with Crippen LogP contribution < -0.4 is 5.32 Å². The van der Waals surface area contributed by atoms with Crippen molar-refractivity contribution in [2.75, 3.05) is 11.9 Å². The maximum atomic E-state index is 4.52. The molecule has 2 aromatic rings. The summed E-state index contributed by atoms with van der Waals surface area (Å²) in [6, 6.07) is 6.01. The highest BCUT2D eigenvalue weighted by atomic mass is 32.2. The van der Waals surface area contributed by atoms with Gasteiger partial charge in [-0.3, -0.25) is 5.10 Å². The topological polar surface area (TPSA) is 66.5 Å². The van der Waals surface area contributed by atoms with Crippen LogP contribution in [0.15, 0.2) is 29.7 Å². The van der Waals surface area contributed by atoms with Crippen molar-refractivity contribution in [3.05, 3.63) is 30.2 Å².